The molecular weight excluding hydrogens is 457 g/mol. The third kappa shape index (κ3) is 2.48. The largest absolute Gasteiger partial charge is 0.238 e. The maximum atomic E-state index is 4.08. The van der Waals surface area contributed by atoms with Crippen molar-refractivity contribution in [3.05, 3.63) is 18.5 Å². The van der Waals surface area contributed by atoms with E-state index in [2.05, 4.69) is 72.9 Å². The molecule has 0 fully saturated rings. The lowest BCUT2D eigenvalue weighted by molar-refractivity contribution is 0.756. The molecule has 0 radical (unpaired) electrons. The summed E-state index contributed by atoms with van der Waals surface area (Å²) in [5, 5.41) is 4.08. The van der Waals surface area contributed by atoms with Crippen molar-refractivity contribution in [2.24, 2.45) is 0 Å². The molecule has 1 aromatic heterocycles. The van der Waals surface area contributed by atoms with E-state index in [0.29, 0.717) is 0 Å². The summed E-state index contributed by atoms with van der Waals surface area (Å²) in [4.78, 5) is 0. The first-order valence-corrected chi connectivity index (χ1v) is 5.41. The smallest absolute Gasteiger partial charge is 0.213 e. The molecule has 1 heterocycles. The fourth-order valence-electron chi connectivity index (χ4n) is 0.419. The van der Waals surface area contributed by atoms with Gasteiger partial charge in [-0.25, -0.2) is 4.68 Å². The summed E-state index contributed by atoms with van der Waals surface area (Å²) >= 11 is 6.94. The van der Waals surface area contributed by atoms with Crippen LogP contribution >= 0.6 is 67.8 Å². The Morgan fingerprint density at radius 3 is 2.22 bits per heavy atom. The Balaban J connectivity index is 2.90. The Bertz CT molecular complexity index is 176. The number of hydrogen-bond donors (Lipinski definition) is 0. The van der Waals surface area contributed by atoms with E-state index >= 15 is 0 Å². The van der Waals surface area contributed by atoms with E-state index in [4.69, 9.17) is 0 Å². The number of aromatic nitrogens is 2. The highest BCUT2D eigenvalue weighted by Crippen LogP contribution is 2.39. The van der Waals surface area contributed by atoms with Crippen LogP contribution in [0.2, 0.25) is 0 Å². The fourth-order valence-corrected chi connectivity index (χ4v) is 1.27. The molecule has 0 aliphatic carbocycles. The predicted molar refractivity (Wildman–Crippen MR) is 62.3 cm³/mol. The molecule has 0 aliphatic heterocycles. The molecule has 0 aromatic carbocycles. The molecule has 2 nitrogen and oxygen atoms in total. The molecule has 5 heteroatoms. The number of halogens is 3. The molecule has 0 spiro atoms. The molecule has 0 amide bonds. The average Bonchev–Trinajstić information content (AvgIpc) is 2.08. The zero-order chi connectivity index (χ0) is 6.91. The van der Waals surface area contributed by atoms with Gasteiger partial charge in [0.25, 0.3) is 0 Å². The van der Waals surface area contributed by atoms with Gasteiger partial charge in [-0.15, -0.1) is 0 Å². The van der Waals surface area contributed by atoms with Gasteiger partial charge < -0.3 is 0 Å². The lowest BCUT2D eigenvalue weighted by Crippen LogP contribution is -2.09. The Hall–Kier alpha value is 1.40. The van der Waals surface area contributed by atoms with Gasteiger partial charge in [0.1, 0.15) is 0 Å². The number of hydrogen-bond acceptors (Lipinski definition) is 1. The highest BCUT2D eigenvalue weighted by Gasteiger charge is 2.18. The third-order valence-corrected chi connectivity index (χ3v) is 2.25. The summed E-state index contributed by atoms with van der Waals surface area (Å²) in [5.74, 6) is 0. The second kappa shape index (κ2) is 3.20. The Morgan fingerprint density at radius 2 is 2.00 bits per heavy atom. The van der Waals surface area contributed by atoms with Crippen molar-refractivity contribution < 1.29 is 0 Å². The van der Waals surface area contributed by atoms with E-state index in [0.717, 1.165) is 0 Å². The van der Waals surface area contributed by atoms with Gasteiger partial charge in [0.05, 0.1) is 0 Å². The van der Waals surface area contributed by atoms with E-state index in [1.807, 2.05) is 16.9 Å². The fraction of sp³-hybridized carbons (Fsp3) is 0.250. The van der Waals surface area contributed by atoms with E-state index in [1.54, 1.807) is 6.20 Å². The Kier molecular flexibility index (Phi) is 3.02. The topological polar surface area (TPSA) is 17.8 Å². The van der Waals surface area contributed by atoms with Crippen LogP contribution < -0.4 is 0 Å². The second-order valence-electron chi connectivity index (χ2n) is 1.42. The van der Waals surface area contributed by atoms with E-state index < -0.39 is 0 Å². The van der Waals surface area contributed by atoms with E-state index in [9.17, 15) is 0 Å². The van der Waals surface area contributed by atoms with Crippen LogP contribution in [-0.2, 0) is -0.441 Å². The normalized spacial score (nSPS) is 11.9. The number of alkyl halides is 3. The maximum Gasteiger partial charge on any atom is 0.213 e. The monoisotopic (exact) mass is 460 g/mol. The van der Waals surface area contributed by atoms with Gasteiger partial charge in [0.2, 0.25) is -0.441 Å². The van der Waals surface area contributed by atoms with Gasteiger partial charge in [-0.1, -0.05) is 0 Å². The Morgan fingerprint density at radius 1 is 1.33 bits per heavy atom. The summed E-state index contributed by atoms with van der Waals surface area (Å²) in [7, 11) is 0. The minimum atomic E-state index is 0.0385. The van der Waals surface area contributed by atoms with E-state index in [-0.39, 0.29) is -0.441 Å². The van der Waals surface area contributed by atoms with Crippen LogP contribution in [0.1, 0.15) is 0 Å². The molecule has 0 N–H and O–H groups in total. The molecule has 0 saturated heterocycles. The van der Waals surface area contributed by atoms with E-state index in [1.165, 1.54) is 0 Å². The highest BCUT2D eigenvalue weighted by atomic mass is 127. The van der Waals surface area contributed by atoms with Crippen LogP contribution in [-0.4, -0.2) is 9.78 Å². The highest BCUT2D eigenvalue weighted by molar-refractivity contribution is 14.3. The van der Waals surface area contributed by atoms with Gasteiger partial charge in [-0.3, -0.25) is 0 Å². The van der Waals surface area contributed by atoms with Gasteiger partial charge in [-0.2, -0.15) is 5.10 Å². The van der Waals surface area contributed by atoms with Crippen molar-refractivity contribution in [2.75, 3.05) is 0 Å². The summed E-state index contributed by atoms with van der Waals surface area (Å²) in [6, 6.07) is 1.92. The second-order valence-corrected chi connectivity index (χ2v) is 12.3. The first-order chi connectivity index (χ1) is 4.11. The van der Waals surface area contributed by atoms with Crippen molar-refractivity contribution in [1.29, 1.82) is 0 Å². The van der Waals surface area contributed by atoms with Crippen molar-refractivity contribution in [3.8, 4) is 0 Å². The summed E-state index contributed by atoms with van der Waals surface area (Å²) in [5.41, 5.74) is 0. The van der Waals surface area contributed by atoms with Gasteiger partial charge in [0.15, 0.2) is 0 Å². The zero-order valence-corrected chi connectivity index (χ0v) is 10.7. The van der Waals surface area contributed by atoms with Crippen LogP contribution in [0.5, 0.6) is 0 Å². The summed E-state index contributed by atoms with van der Waals surface area (Å²) in [6.07, 6.45) is 3.73. The molecule has 50 valence electrons. The van der Waals surface area contributed by atoms with Crippen LogP contribution in [0.3, 0.4) is 0 Å². The van der Waals surface area contributed by atoms with Gasteiger partial charge in [0, 0.05) is 12.4 Å². The molecule has 0 aliphatic rings. The first kappa shape index (κ1) is 8.50. The lowest BCUT2D eigenvalue weighted by atomic mass is 10.8. The summed E-state index contributed by atoms with van der Waals surface area (Å²) in [6.45, 7) is 0. The van der Waals surface area contributed by atoms with Crippen molar-refractivity contribution in [2.45, 2.75) is -0.441 Å². The Labute approximate surface area is 94.2 Å². The van der Waals surface area contributed by atoms with Gasteiger partial charge in [-0.05, 0) is 73.8 Å². The maximum absolute atomic E-state index is 4.08. The minimum Gasteiger partial charge on any atom is -0.238 e. The van der Waals surface area contributed by atoms with Crippen molar-refractivity contribution >= 4 is 67.8 Å². The van der Waals surface area contributed by atoms with Crippen molar-refractivity contribution in [3.63, 3.8) is 0 Å². The van der Waals surface area contributed by atoms with Crippen molar-refractivity contribution in [1.82, 2.24) is 9.78 Å². The first-order valence-electron chi connectivity index (χ1n) is 2.17. The van der Waals surface area contributed by atoms with Crippen LogP contribution in [0.15, 0.2) is 18.5 Å². The minimum absolute atomic E-state index is 0.0385. The average molecular weight is 460 g/mol. The molecular formula is C4H3I3N2. The zero-order valence-electron chi connectivity index (χ0n) is 4.26. The lowest BCUT2D eigenvalue weighted by Gasteiger charge is -2.11. The number of nitrogens with zero attached hydrogens (tertiary/aromatic N) is 2. The van der Waals surface area contributed by atoms with Crippen LogP contribution in [0, 0.1) is 0 Å². The predicted octanol–water partition coefficient (Wildman–Crippen LogP) is 2.76. The molecule has 0 atom stereocenters. The standard InChI is InChI=1S/C4H3I3N2/c5-4(6,7)9-3-1-2-8-9/h1-3H. The van der Waals surface area contributed by atoms with Crippen LogP contribution in [0.25, 0.3) is 0 Å². The quantitative estimate of drug-likeness (QED) is 0.466. The van der Waals surface area contributed by atoms with Crippen LogP contribution in [0.4, 0.5) is 0 Å². The number of rotatable bonds is 1. The molecule has 1 rings (SSSR count). The van der Waals surface area contributed by atoms with Gasteiger partial charge >= 0.3 is 0 Å². The molecule has 0 unspecified atom stereocenters. The molecule has 1 aromatic rings. The molecule has 0 bridgehead atoms. The molecule has 0 saturated carbocycles. The SMILES string of the molecule is IC(I)(I)n1cccn1. The third-order valence-electron chi connectivity index (χ3n) is 0.764. The summed E-state index contributed by atoms with van der Waals surface area (Å²) < 4.78 is 1.94. The molecule has 9 heavy (non-hydrogen) atoms.